The van der Waals surface area contributed by atoms with Gasteiger partial charge in [-0.15, -0.1) is 0 Å². The van der Waals surface area contributed by atoms with Crippen molar-refractivity contribution in [3.8, 4) is 0 Å². The second kappa shape index (κ2) is 8.73. The van der Waals surface area contributed by atoms with Gasteiger partial charge >= 0.3 is 0 Å². The zero-order chi connectivity index (χ0) is 18.5. The molecule has 7 nitrogen and oxygen atoms in total. The van der Waals surface area contributed by atoms with Gasteiger partial charge in [0.25, 0.3) is 0 Å². The van der Waals surface area contributed by atoms with E-state index < -0.39 is 0 Å². The highest BCUT2D eigenvalue weighted by Gasteiger charge is 2.43. The van der Waals surface area contributed by atoms with E-state index in [2.05, 4.69) is 15.5 Å². The van der Waals surface area contributed by atoms with Crippen LogP contribution in [0.1, 0.15) is 25.0 Å². The number of hydrogen-bond donors (Lipinski definition) is 2. The molecule has 0 radical (unpaired) electrons. The number of morpholine rings is 1. The summed E-state index contributed by atoms with van der Waals surface area (Å²) in [6.07, 6.45) is 4.96. The van der Waals surface area contributed by atoms with Crippen molar-refractivity contribution in [2.75, 3.05) is 59.0 Å². The van der Waals surface area contributed by atoms with Gasteiger partial charge in [0.2, 0.25) is 5.91 Å². The van der Waals surface area contributed by atoms with Gasteiger partial charge in [-0.05, 0) is 49.9 Å². The van der Waals surface area contributed by atoms with E-state index in [4.69, 9.17) is 9.15 Å². The minimum atomic E-state index is -0.0669. The van der Waals surface area contributed by atoms with Gasteiger partial charge in [0.1, 0.15) is 5.76 Å². The zero-order valence-electron chi connectivity index (χ0n) is 16.1. The summed E-state index contributed by atoms with van der Waals surface area (Å²) in [5.74, 6) is 1.06. The highest BCUT2D eigenvalue weighted by molar-refractivity contribution is 5.82. The van der Waals surface area contributed by atoms with E-state index in [1.807, 2.05) is 17.0 Å². The molecule has 150 valence electrons. The first-order valence-corrected chi connectivity index (χ1v) is 10.3. The van der Waals surface area contributed by atoms with E-state index in [0.29, 0.717) is 12.0 Å². The molecule has 1 atom stereocenters. The van der Waals surface area contributed by atoms with Gasteiger partial charge < -0.3 is 24.7 Å². The summed E-state index contributed by atoms with van der Waals surface area (Å²) in [6.45, 7) is 8.71. The third-order valence-corrected chi connectivity index (χ3v) is 6.35. The summed E-state index contributed by atoms with van der Waals surface area (Å²) in [5.41, 5.74) is 0.298. The number of furan rings is 1. The minimum absolute atomic E-state index is 0.0669. The molecule has 3 saturated heterocycles. The first kappa shape index (κ1) is 18.9. The van der Waals surface area contributed by atoms with E-state index in [1.54, 1.807) is 6.26 Å². The van der Waals surface area contributed by atoms with Gasteiger partial charge in [-0.1, -0.05) is 0 Å². The Bertz CT molecular complexity index is 594. The minimum Gasteiger partial charge on any atom is -0.467 e. The molecule has 1 aromatic heterocycles. The second-order valence-corrected chi connectivity index (χ2v) is 8.18. The van der Waals surface area contributed by atoms with Gasteiger partial charge in [-0.3, -0.25) is 9.69 Å². The van der Waals surface area contributed by atoms with Crippen molar-refractivity contribution in [2.24, 2.45) is 5.41 Å². The van der Waals surface area contributed by atoms with Gasteiger partial charge in [-0.25, -0.2) is 0 Å². The van der Waals surface area contributed by atoms with Crippen LogP contribution in [0.15, 0.2) is 22.8 Å². The lowest BCUT2D eigenvalue weighted by Crippen LogP contribution is -2.47. The summed E-state index contributed by atoms with van der Waals surface area (Å²) >= 11 is 0. The predicted octanol–water partition coefficient (Wildman–Crippen LogP) is 0.672. The van der Waals surface area contributed by atoms with Crippen LogP contribution < -0.4 is 10.6 Å². The summed E-state index contributed by atoms with van der Waals surface area (Å²) < 4.78 is 11.0. The zero-order valence-corrected chi connectivity index (χ0v) is 16.1. The maximum absolute atomic E-state index is 13.3. The van der Waals surface area contributed by atoms with Crippen molar-refractivity contribution in [2.45, 2.75) is 31.8 Å². The molecule has 4 heterocycles. The summed E-state index contributed by atoms with van der Waals surface area (Å²) in [6, 6.07) is 3.77. The van der Waals surface area contributed by atoms with Crippen LogP contribution in [0.3, 0.4) is 0 Å². The lowest BCUT2D eigenvalue weighted by Gasteiger charge is -2.33. The Morgan fingerprint density at radius 3 is 2.85 bits per heavy atom. The predicted molar refractivity (Wildman–Crippen MR) is 102 cm³/mol. The standard InChI is InChI=1S/C20H32N4O3/c25-19(18-14-20(16-22-18)3-5-21-6-4-20)24(15-17-2-1-11-27-17)8-7-23-9-12-26-13-10-23/h1-2,11,18,21-22H,3-10,12-16H2/t18-/m0/s1. The largest absolute Gasteiger partial charge is 0.467 e. The van der Waals surface area contributed by atoms with Crippen LogP contribution in [0, 0.1) is 5.41 Å². The highest BCUT2D eigenvalue weighted by atomic mass is 16.5. The van der Waals surface area contributed by atoms with Crippen LogP contribution in [-0.4, -0.2) is 80.8 Å². The van der Waals surface area contributed by atoms with Crippen LogP contribution in [-0.2, 0) is 16.1 Å². The number of carbonyl (C=O) groups is 1. The fourth-order valence-electron chi connectivity index (χ4n) is 4.59. The smallest absolute Gasteiger partial charge is 0.240 e. The Balaban J connectivity index is 1.38. The van der Waals surface area contributed by atoms with Crippen LogP contribution in [0.4, 0.5) is 0 Å². The molecule has 2 N–H and O–H groups in total. The molecule has 1 spiro atoms. The van der Waals surface area contributed by atoms with Crippen molar-refractivity contribution in [3.63, 3.8) is 0 Å². The van der Waals surface area contributed by atoms with Crippen molar-refractivity contribution in [1.29, 1.82) is 0 Å². The van der Waals surface area contributed by atoms with Gasteiger partial charge in [0.15, 0.2) is 0 Å². The number of hydrogen-bond acceptors (Lipinski definition) is 6. The molecule has 4 rings (SSSR count). The van der Waals surface area contributed by atoms with E-state index in [-0.39, 0.29) is 11.9 Å². The average Bonchev–Trinajstić information content (AvgIpc) is 3.36. The lowest BCUT2D eigenvalue weighted by molar-refractivity contribution is -0.134. The fourth-order valence-corrected chi connectivity index (χ4v) is 4.59. The first-order chi connectivity index (χ1) is 13.2. The van der Waals surface area contributed by atoms with Crippen molar-refractivity contribution < 1.29 is 13.9 Å². The molecule has 0 saturated carbocycles. The molecule has 27 heavy (non-hydrogen) atoms. The Morgan fingerprint density at radius 2 is 2.11 bits per heavy atom. The molecule has 1 amide bonds. The molecular formula is C20H32N4O3. The quantitative estimate of drug-likeness (QED) is 0.761. The molecule has 1 aromatic rings. The molecule has 3 aliphatic heterocycles. The van der Waals surface area contributed by atoms with E-state index in [9.17, 15) is 4.79 Å². The first-order valence-electron chi connectivity index (χ1n) is 10.3. The SMILES string of the molecule is O=C([C@@H]1CC2(CCNCC2)CN1)N(CCN1CCOCC1)Cc1ccco1. The maximum Gasteiger partial charge on any atom is 0.240 e. The van der Waals surface area contributed by atoms with Gasteiger partial charge in [0.05, 0.1) is 32.1 Å². The van der Waals surface area contributed by atoms with Gasteiger partial charge in [0, 0.05) is 32.7 Å². The topological polar surface area (TPSA) is 70.0 Å². The molecular weight excluding hydrogens is 344 g/mol. The van der Waals surface area contributed by atoms with Crippen LogP contribution in [0.5, 0.6) is 0 Å². The second-order valence-electron chi connectivity index (χ2n) is 8.18. The molecule has 7 heteroatoms. The number of amides is 1. The van der Waals surface area contributed by atoms with E-state index >= 15 is 0 Å². The molecule has 3 aliphatic rings. The lowest BCUT2D eigenvalue weighted by atomic mass is 9.77. The molecule has 3 fully saturated rings. The summed E-state index contributed by atoms with van der Waals surface area (Å²) in [7, 11) is 0. The number of nitrogens with one attached hydrogen (secondary N) is 2. The third-order valence-electron chi connectivity index (χ3n) is 6.35. The third kappa shape index (κ3) is 4.71. The molecule has 0 unspecified atom stereocenters. The van der Waals surface area contributed by atoms with Crippen molar-refractivity contribution in [1.82, 2.24) is 20.4 Å². The molecule has 0 aliphatic carbocycles. The van der Waals surface area contributed by atoms with Crippen LogP contribution in [0.2, 0.25) is 0 Å². The van der Waals surface area contributed by atoms with Crippen molar-refractivity contribution >= 4 is 5.91 Å². The average molecular weight is 377 g/mol. The number of carbonyl (C=O) groups excluding carboxylic acids is 1. The molecule has 0 bridgehead atoms. The number of piperidine rings is 1. The summed E-state index contributed by atoms with van der Waals surface area (Å²) in [5, 5.41) is 6.97. The number of rotatable bonds is 6. The van der Waals surface area contributed by atoms with Gasteiger partial charge in [-0.2, -0.15) is 0 Å². The number of ether oxygens (including phenoxy) is 1. The van der Waals surface area contributed by atoms with Crippen LogP contribution in [0.25, 0.3) is 0 Å². The fraction of sp³-hybridized carbons (Fsp3) is 0.750. The Kier molecular flexibility index (Phi) is 6.12. The Labute approximate surface area is 161 Å². The number of nitrogens with zero attached hydrogens (tertiary/aromatic N) is 2. The molecule has 0 aromatic carbocycles. The van der Waals surface area contributed by atoms with E-state index in [0.717, 1.165) is 84.0 Å². The van der Waals surface area contributed by atoms with Crippen LogP contribution >= 0.6 is 0 Å². The Morgan fingerprint density at radius 1 is 1.30 bits per heavy atom. The summed E-state index contributed by atoms with van der Waals surface area (Å²) in [4.78, 5) is 17.7. The van der Waals surface area contributed by atoms with Crippen molar-refractivity contribution in [3.05, 3.63) is 24.2 Å². The normalized spacial score (nSPS) is 25.7. The monoisotopic (exact) mass is 376 g/mol. The highest BCUT2D eigenvalue weighted by Crippen LogP contribution is 2.37. The Hall–Kier alpha value is -1.41. The maximum atomic E-state index is 13.3. The van der Waals surface area contributed by atoms with E-state index in [1.165, 1.54) is 0 Å².